The number of hydrazine groups is 1. The molecule has 0 amide bonds. The number of benzene rings is 1. The van der Waals surface area contributed by atoms with Gasteiger partial charge in [0.25, 0.3) is 0 Å². The van der Waals surface area contributed by atoms with Crippen LogP contribution < -0.4 is 15.8 Å². The third kappa shape index (κ3) is 2.86. The zero-order chi connectivity index (χ0) is 19.7. The van der Waals surface area contributed by atoms with Crippen LogP contribution in [0.2, 0.25) is 0 Å². The van der Waals surface area contributed by atoms with E-state index in [0.29, 0.717) is 30.8 Å². The highest BCUT2D eigenvalue weighted by atomic mass is 16.3. The summed E-state index contributed by atoms with van der Waals surface area (Å²) in [6.07, 6.45) is 3.36. The fourth-order valence-electron chi connectivity index (χ4n) is 3.83. The number of ketones is 1. The van der Waals surface area contributed by atoms with Crippen LogP contribution in [0.4, 0.5) is 5.69 Å². The standard InChI is InChI=1S/C20H24N6O2/c1-3-25(21-2)16-5-4-15-17-18(16)20(28)13-6-7-23-12-14(13)19(17)24-26(15)10-8-22-9-11-27/h4-7,12,21-22,27H,3,8-11H2,1-2H3. The van der Waals surface area contributed by atoms with E-state index in [1.165, 1.54) is 0 Å². The number of pyridine rings is 1. The Morgan fingerprint density at radius 3 is 2.82 bits per heavy atom. The minimum atomic E-state index is -0.00263. The predicted molar refractivity (Wildman–Crippen MR) is 108 cm³/mol. The van der Waals surface area contributed by atoms with E-state index in [0.717, 1.165) is 34.4 Å². The van der Waals surface area contributed by atoms with E-state index in [4.69, 9.17) is 10.2 Å². The van der Waals surface area contributed by atoms with Crippen molar-refractivity contribution in [2.75, 3.05) is 38.3 Å². The van der Waals surface area contributed by atoms with E-state index >= 15 is 0 Å². The molecule has 2 heterocycles. The van der Waals surface area contributed by atoms with Gasteiger partial charge in [0.05, 0.1) is 29.9 Å². The smallest absolute Gasteiger partial charge is 0.196 e. The summed E-state index contributed by atoms with van der Waals surface area (Å²) in [6.45, 7) is 4.72. The number of nitrogens with zero attached hydrogens (tertiary/aromatic N) is 4. The van der Waals surface area contributed by atoms with E-state index < -0.39 is 0 Å². The van der Waals surface area contributed by atoms with Crippen molar-refractivity contribution in [3.63, 3.8) is 0 Å². The molecule has 0 bridgehead atoms. The maximum absolute atomic E-state index is 13.4. The Morgan fingerprint density at radius 2 is 2.07 bits per heavy atom. The lowest BCUT2D eigenvalue weighted by molar-refractivity contribution is 0.104. The normalized spacial score (nSPS) is 12.5. The number of carbonyl (C=O) groups excluding carboxylic acids is 1. The molecule has 4 rings (SSSR count). The fraction of sp³-hybridized carbons (Fsp3) is 0.350. The van der Waals surface area contributed by atoms with Crippen LogP contribution in [0, 0.1) is 0 Å². The second-order valence-electron chi connectivity index (χ2n) is 6.62. The Labute approximate surface area is 163 Å². The van der Waals surface area contributed by atoms with Gasteiger partial charge in [0.15, 0.2) is 5.78 Å². The molecule has 0 saturated carbocycles. The van der Waals surface area contributed by atoms with Crippen molar-refractivity contribution < 1.29 is 9.90 Å². The van der Waals surface area contributed by atoms with Gasteiger partial charge in [-0.2, -0.15) is 5.10 Å². The molecule has 3 aromatic rings. The maximum atomic E-state index is 13.4. The molecular formula is C20H24N6O2. The number of fused-ring (bicyclic) bond motifs is 2. The molecule has 2 aromatic heterocycles. The monoisotopic (exact) mass is 380 g/mol. The number of carbonyl (C=O) groups is 1. The molecule has 1 aliphatic rings. The quantitative estimate of drug-likeness (QED) is 0.312. The molecule has 1 aromatic carbocycles. The van der Waals surface area contributed by atoms with Crippen molar-refractivity contribution in [2.24, 2.45) is 0 Å². The lowest BCUT2D eigenvalue weighted by atomic mass is 9.87. The minimum Gasteiger partial charge on any atom is -0.395 e. The topological polar surface area (TPSA) is 95.3 Å². The summed E-state index contributed by atoms with van der Waals surface area (Å²) >= 11 is 0. The largest absolute Gasteiger partial charge is 0.395 e. The molecule has 0 aliphatic heterocycles. The summed E-state index contributed by atoms with van der Waals surface area (Å²) in [7, 11) is 1.85. The van der Waals surface area contributed by atoms with Gasteiger partial charge in [-0.25, -0.2) is 5.43 Å². The van der Waals surface area contributed by atoms with Gasteiger partial charge in [-0.05, 0) is 25.1 Å². The van der Waals surface area contributed by atoms with Crippen LogP contribution in [0.15, 0.2) is 30.6 Å². The molecule has 146 valence electrons. The summed E-state index contributed by atoms with van der Waals surface area (Å²) in [5.41, 5.74) is 7.81. The van der Waals surface area contributed by atoms with Crippen molar-refractivity contribution in [1.82, 2.24) is 25.5 Å². The molecule has 8 nitrogen and oxygen atoms in total. The molecule has 0 radical (unpaired) electrons. The number of aliphatic hydroxyl groups is 1. The number of anilines is 1. The van der Waals surface area contributed by atoms with Crippen LogP contribution in [0.5, 0.6) is 0 Å². The van der Waals surface area contributed by atoms with Crippen LogP contribution >= 0.6 is 0 Å². The first-order chi connectivity index (χ1) is 13.7. The third-order valence-corrected chi connectivity index (χ3v) is 5.11. The summed E-state index contributed by atoms with van der Waals surface area (Å²) in [6, 6.07) is 5.76. The van der Waals surface area contributed by atoms with E-state index in [-0.39, 0.29) is 12.4 Å². The van der Waals surface area contributed by atoms with Gasteiger partial charge in [-0.3, -0.25) is 14.5 Å². The molecule has 0 fully saturated rings. The van der Waals surface area contributed by atoms with Gasteiger partial charge in [-0.15, -0.1) is 0 Å². The van der Waals surface area contributed by atoms with Crippen molar-refractivity contribution in [3.8, 4) is 11.3 Å². The van der Waals surface area contributed by atoms with Gasteiger partial charge in [-0.1, -0.05) is 0 Å². The first kappa shape index (κ1) is 18.5. The van der Waals surface area contributed by atoms with Crippen LogP contribution in [0.1, 0.15) is 22.8 Å². The highest BCUT2D eigenvalue weighted by Gasteiger charge is 2.32. The minimum absolute atomic E-state index is 0.00263. The van der Waals surface area contributed by atoms with E-state index in [9.17, 15) is 4.79 Å². The molecule has 3 N–H and O–H groups in total. The van der Waals surface area contributed by atoms with Crippen molar-refractivity contribution in [2.45, 2.75) is 13.5 Å². The zero-order valence-electron chi connectivity index (χ0n) is 16.1. The van der Waals surface area contributed by atoms with Gasteiger partial charge in [0, 0.05) is 55.6 Å². The Kier molecular flexibility index (Phi) is 5.08. The highest BCUT2D eigenvalue weighted by molar-refractivity contribution is 6.27. The molecule has 0 atom stereocenters. The van der Waals surface area contributed by atoms with Crippen molar-refractivity contribution in [1.29, 1.82) is 0 Å². The number of hydrogen-bond donors (Lipinski definition) is 3. The molecule has 0 spiro atoms. The summed E-state index contributed by atoms with van der Waals surface area (Å²) in [4.78, 5) is 17.6. The number of aromatic nitrogens is 3. The second-order valence-corrected chi connectivity index (χ2v) is 6.62. The molecule has 1 aliphatic carbocycles. The van der Waals surface area contributed by atoms with Gasteiger partial charge in [0.1, 0.15) is 5.69 Å². The fourth-order valence-corrected chi connectivity index (χ4v) is 3.83. The number of nitrogens with one attached hydrogen (secondary N) is 2. The number of hydrogen-bond acceptors (Lipinski definition) is 7. The Bertz CT molecular complexity index is 1020. The van der Waals surface area contributed by atoms with Crippen LogP contribution in [-0.4, -0.2) is 58.9 Å². The summed E-state index contributed by atoms with van der Waals surface area (Å²) in [5.74, 6) is -0.00263. The lowest BCUT2D eigenvalue weighted by Gasteiger charge is -2.26. The first-order valence-electron chi connectivity index (χ1n) is 9.50. The highest BCUT2D eigenvalue weighted by Crippen LogP contribution is 2.42. The zero-order valence-corrected chi connectivity index (χ0v) is 16.1. The molecule has 28 heavy (non-hydrogen) atoms. The Morgan fingerprint density at radius 1 is 1.21 bits per heavy atom. The average molecular weight is 380 g/mol. The molecule has 8 heteroatoms. The molecule has 0 unspecified atom stereocenters. The number of aliphatic hydroxyl groups excluding tert-OH is 1. The van der Waals surface area contributed by atoms with Crippen LogP contribution in [-0.2, 0) is 6.54 Å². The summed E-state index contributed by atoms with van der Waals surface area (Å²) < 4.78 is 1.92. The van der Waals surface area contributed by atoms with Crippen molar-refractivity contribution >= 4 is 22.4 Å². The summed E-state index contributed by atoms with van der Waals surface area (Å²) in [5, 5.41) is 19.8. The average Bonchev–Trinajstić information content (AvgIpc) is 3.10. The molecular weight excluding hydrogens is 356 g/mol. The Hall–Kier alpha value is -2.81. The predicted octanol–water partition coefficient (Wildman–Crippen LogP) is 1.19. The van der Waals surface area contributed by atoms with Crippen molar-refractivity contribution in [3.05, 3.63) is 41.7 Å². The van der Waals surface area contributed by atoms with Crippen LogP contribution in [0.3, 0.4) is 0 Å². The third-order valence-electron chi connectivity index (χ3n) is 5.11. The molecule has 0 saturated heterocycles. The SMILES string of the molecule is CCN(NC)c1ccc2c3c(nn2CCNCCO)-c2cnccc2C(=O)c13. The van der Waals surface area contributed by atoms with E-state index in [1.807, 2.05) is 35.8 Å². The van der Waals surface area contributed by atoms with E-state index in [1.54, 1.807) is 18.5 Å². The number of rotatable bonds is 8. The van der Waals surface area contributed by atoms with E-state index in [2.05, 4.69) is 15.7 Å². The van der Waals surface area contributed by atoms with Gasteiger partial charge in [0.2, 0.25) is 0 Å². The lowest BCUT2D eigenvalue weighted by Crippen LogP contribution is -2.36. The Balaban J connectivity index is 1.92. The van der Waals surface area contributed by atoms with Gasteiger partial charge >= 0.3 is 0 Å². The first-order valence-corrected chi connectivity index (χ1v) is 9.50. The second kappa shape index (κ2) is 7.67. The maximum Gasteiger partial charge on any atom is 0.196 e. The van der Waals surface area contributed by atoms with Crippen LogP contribution in [0.25, 0.3) is 22.2 Å². The van der Waals surface area contributed by atoms with Gasteiger partial charge < -0.3 is 15.4 Å².